The number of likely N-dealkylation sites (tertiary alicyclic amines) is 2. The van der Waals surface area contributed by atoms with Gasteiger partial charge in [-0.1, -0.05) is 30.3 Å². The van der Waals surface area contributed by atoms with Gasteiger partial charge in [-0.3, -0.25) is 14.8 Å². The molecule has 2 aromatic rings. The number of hydrogen-bond donors (Lipinski definition) is 1. The SMILES string of the molecule is CN=C(NCC(c1ccco1)N(C)C)N1CCC2C(CCCN2Cc2ccccc2)C1.I. The Balaban J connectivity index is 0.00000289. The minimum Gasteiger partial charge on any atom is -0.468 e. The van der Waals surface area contributed by atoms with E-state index in [1.54, 1.807) is 6.26 Å². The van der Waals surface area contributed by atoms with Gasteiger partial charge in [-0.05, 0) is 63.5 Å². The van der Waals surface area contributed by atoms with Crippen molar-refractivity contribution in [3.8, 4) is 0 Å². The van der Waals surface area contributed by atoms with Gasteiger partial charge in [0.25, 0.3) is 0 Å². The third-order valence-corrected chi connectivity index (χ3v) is 6.87. The molecule has 1 aromatic heterocycles. The molecule has 3 atom stereocenters. The van der Waals surface area contributed by atoms with Crippen LogP contribution in [0.2, 0.25) is 0 Å². The van der Waals surface area contributed by atoms with Crippen molar-refractivity contribution in [2.45, 2.75) is 37.9 Å². The number of fused-ring (bicyclic) bond motifs is 1. The molecule has 4 rings (SSSR count). The second-order valence-corrected chi connectivity index (χ2v) is 9.08. The van der Waals surface area contributed by atoms with E-state index in [1.807, 2.05) is 19.2 Å². The Morgan fingerprint density at radius 2 is 1.97 bits per heavy atom. The van der Waals surface area contributed by atoms with E-state index in [1.165, 1.54) is 31.4 Å². The van der Waals surface area contributed by atoms with Crippen LogP contribution < -0.4 is 5.32 Å². The summed E-state index contributed by atoms with van der Waals surface area (Å²) in [5.41, 5.74) is 1.43. The molecule has 3 unspecified atom stereocenters. The van der Waals surface area contributed by atoms with Crippen LogP contribution in [0.4, 0.5) is 0 Å². The molecular weight excluding hydrogens is 513 g/mol. The van der Waals surface area contributed by atoms with Crippen LogP contribution in [-0.2, 0) is 6.54 Å². The molecule has 0 saturated carbocycles. The Bertz CT molecular complexity index is 826. The van der Waals surface area contributed by atoms with Crippen molar-refractivity contribution < 1.29 is 4.42 Å². The van der Waals surface area contributed by atoms with E-state index in [0.29, 0.717) is 12.0 Å². The number of nitrogens with zero attached hydrogens (tertiary/aromatic N) is 4. The smallest absolute Gasteiger partial charge is 0.193 e. The molecule has 0 amide bonds. The first kappa shape index (κ1) is 25.1. The van der Waals surface area contributed by atoms with Crippen LogP contribution in [-0.4, -0.2) is 74.0 Å². The van der Waals surface area contributed by atoms with Gasteiger partial charge in [0.1, 0.15) is 5.76 Å². The lowest BCUT2D eigenvalue weighted by Gasteiger charge is -2.48. The molecule has 1 N–H and O–H groups in total. The maximum atomic E-state index is 5.66. The highest BCUT2D eigenvalue weighted by Gasteiger charge is 2.36. The summed E-state index contributed by atoms with van der Waals surface area (Å²) in [6.45, 7) is 5.21. The van der Waals surface area contributed by atoms with Crippen molar-refractivity contribution in [3.05, 3.63) is 60.1 Å². The molecule has 2 aliphatic rings. The van der Waals surface area contributed by atoms with Gasteiger partial charge in [0.05, 0.1) is 12.3 Å². The highest BCUT2D eigenvalue weighted by atomic mass is 127. The molecule has 2 aliphatic heterocycles. The lowest BCUT2D eigenvalue weighted by atomic mass is 9.83. The third-order valence-electron chi connectivity index (χ3n) is 6.87. The highest BCUT2D eigenvalue weighted by molar-refractivity contribution is 14.0. The number of furan rings is 1. The predicted molar refractivity (Wildman–Crippen MR) is 141 cm³/mol. The average molecular weight is 552 g/mol. The summed E-state index contributed by atoms with van der Waals surface area (Å²) in [5, 5.41) is 3.62. The van der Waals surface area contributed by atoms with Crippen LogP contribution in [0, 0.1) is 5.92 Å². The molecule has 0 radical (unpaired) electrons. The maximum Gasteiger partial charge on any atom is 0.193 e. The number of rotatable bonds is 6. The van der Waals surface area contributed by atoms with Gasteiger partial charge >= 0.3 is 0 Å². The summed E-state index contributed by atoms with van der Waals surface area (Å²) < 4.78 is 5.66. The Morgan fingerprint density at radius 3 is 2.66 bits per heavy atom. The number of hydrogen-bond acceptors (Lipinski definition) is 4. The lowest BCUT2D eigenvalue weighted by Crippen LogP contribution is -2.57. The van der Waals surface area contributed by atoms with Crippen LogP contribution in [0.1, 0.15) is 36.6 Å². The van der Waals surface area contributed by atoms with E-state index in [9.17, 15) is 0 Å². The van der Waals surface area contributed by atoms with Crippen molar-refractivity contribution in [1.29, 1.82) is 0 Å². The minimum atomic E-state index is 0. The van der Waals surface area contributed by atoms with Gasteiger partial charge in [-0.15, -0.1) is 24.0 Å². The van der Waals surface area contributed by atoms with Crippen LogP contribution in [0.5, 0.6) is 0 Å². The molecule has 7 heteroatoms. The molecule has 0 aliphatic carbocycles. The van der Waals surface area contributed by atoms with Crippen molar-refractivity contribution in [2.24, 2.45) is 10.9 Å². The number of likely N-dealkylation sites (N-methyl/N-ethyl adjacent to an activating group) is 1. The number of benzene rings is 1. The summed E-state index contributed by atoms with van der Waals surface area (Å²) >= 11 is 0. The summed E-state index contributed by atoms with van der Waals surface area (Å²) in [6.07, 6.45) is 5.55. The van der Waals surface area contributed by atoms with Gasteiger partial charge in [-0.25, -0.2) is 0 Å². The Morgan fingerprint density at radius 1 is 1.16 bits per heavy atom. The summed E-state index contributed by atoms with van der Waals surface area (Å²) in [4.78, 5) is 12.0. The highest BCUT2D eigenvalue weighted by Crippen LogP contribution is 2.31. The zero-order chi connectivity index (χ0) is 21.6. The van der Waals surface area contributed by atoms with E-state index in [0.717, 1.165) is 37.9 Å². The fraction of sp³-hybridized carbons (Fsp3) is 0.560. The number of guanidine groups is 1. The first-order valence-electron chi connectivity index (χ1n) is 11.6. The first-order valence-corrected chi connectivity index (χ1v) is 11.6. The first-order chi connectivity index (χ1) is 15.2. The number of nitrogens with one attached hydrogen (secondary N) is 1. The molecule has 0 spiro atoms. The Hall–Kier alpha value is -1.58. The summed E-state index contributed by atoms with van der Waals surface area (Å²) in [5.74, 6) is 2.70. The monoisotopic (exact) mass is 551 g/mol. The average Bonchev–Trinajstić information content (AvgIpc) is 3.31. The van der Waals surface area contributed by atoms with Crippen LogP contribution >= 0.6 is 24.0 Å². The fourth-order valence-electron chi connectivity index (χ4n) is 5.25. The lowest BCUT2D eigenvalue weighted by molar-refractivity contribution is 0.0371. The van der Waals surface area contributed by atoms with E-state index in [-0.39, 0.29) is 30.0 Å². The maximum absolute atomic E-state index is 5.66. The molecule has 32 heavy (non-hydrogen) atoms. The van der Waals surface area contributed by atoms with Gasteiger partial charge in [0, 0.05) is 39.3 Å². The number of aliphatic imine (C=N–C) groups is 1. The second kappa shape index (κ2) is 12.0. The molecule has 0 bridgehead atoms. The largest absolute Gasteiger partial charge is 0.468 e. The van der Waals surface area contributed by atoms with Crippen LogP contribution in [0.25, 0.3) is 0 Å². The van der Waals surface area contributed by atoms with Crippen LogP contribution in [0.3, 0.4) is 0 Å². The third kappa shape index (κ3) is 6.05. The molecule has 3 heterocycles. The zero-order valence-electron chi connectivity index (χ0n) is 19.6. The summed E-state index contributed by atoms with van der Waals surface area (Å²) in [6, 6.07) is 15.8. The van der Waals surface area contributed by atoms with Crippen molar-refractivity contribution in [2.75, 3.05) is 47.3 Å². The molecule has 176 valence electrons. The Kier molecular flexibility index (Phi) is 9.43. The second-order valence-electron chi connectivity index (χ2n) is 9.08. The van der Waals surface area contributed by atoms with E-state index in [4.69, 9.17) is 4.42 Å². The Labute approximate surface area is 210 Å². The molecule has 6 nitrogen and oxygen atoms in total. The molecule has 2 saturated heterocycles. The van der Waals surface area contributed by atoms with Crippen LogP contribution in [0.15, 0.2) is 58.1 Å². The van der Waals surface area contributed by atoms with Gasteiger partial charge in [0.2, 0.25) is 0 Å². The predicted octanol–water partition coefficient (Wildman–Crippen LogP) is 4.06. The standard InChI is InChI=1S/C25H37N5O.HI/c1-26-25(27-17-23(28(2)3)24-12-8-16-31-24)30-15-13-22-21(19-30)11-7-14-29(22)18-20-9-5-4-6-10-20;/h4-6,8-10,12,16,21-23H,7,11,13-15,17-19H2,1-3H3,(H,26,27);1H. The van der Waals surface area contributed by atoms with Gasteiger partial charge < -0.3 is 14.6 Å². The molecular formula is C25H38IN5O. The van der Waals surface area contributed by atoms with Gasteiger partial charge in [0.15, 0.2) is 5.96 Å². The minimum absolute atomic E-state index is 0. The quantitative estimate of drug-likeness (QED) is 0.334. The van der Waals surface area contributed by atoms with E-state index >= 15 is 0 Å². The topological polar surface area (TPSA) is 47.3 Å². The zero-order valence-corrected chi connectivity index (χ0v) is 21.9. The normalized spacial score (nSPS) is 22.9. The van der Waals surface area contributed by atoms with Gasteiger partial charge in [-0.2, -0.15) is 0 Å². The molecule has 1 aromatic carbocycles. The van der Waals surface area contributed by atoms with Crippen molar-refractivity contribution in [1.82, 2.24) is 20.0 Å². The summed E-state index contributed by atoms with van der Waals surface area (Å²) in [7, 11) is 6.08. The molecule has 2 fully saturated rings. The van der Waals surface area contributed by atoms with E-state index in [2.05, 4.69) is 69.4 Å². The van der Waals surface area contributed by atoms with Crippen molar-refractivity contribution >= 4 is 29.9 Å². The number of halogens is 1. The number of piperidine rings is 2. The fourth-order valence-corrected chi connectivity index (χ4v) is 5.25. The van der Waals surface area contributed by atoms with E-state index < -0.39 is 0 Å². The van der Waals surface area contributed by atoms with Crippen molar-refractivity contribution in [3.63, 3.8) is 0 Å².